The van der Waals surface area contributed by atoms with Crippen LogP contribution in [0.15, 0.2) is 60.9 Å². The first-order chi connectivity index (χ1) is 9.93. The summed E-state index contributed by atoms with van der Waals surface area (Å²) < 4.78 is 0. The van der Waals surface area contributed by atoms with Gasteiger partial charge in [-0.15, -0.1) is 0 Å². The minimum atomic E-state index is 0.880. The van der Waals surface area contributed by atoms with Crippen molar-refractivity contribution in [3.05, 3.63) is 72.1 Å². The predicted molar refractivity (Wildman–Crippen MR) is 78.5 cm³/mol. The van der Waals surface area contributed by atoms with Gasteiger partial charge in [-0.25, -0.2) is 11.0 Å². The summed E-state index contributed by atoms with van der Waals surface area (Å²) in [5, 5.41) is 0. The summed E-state index contributed by atoms with van der Waals surface area (Å²) in [6, 6.07) is 15.7. The summed E-state index contributed by atoms with van der Waals surface area (Å²) in [6.45, 7) is 0. The fraction of sp³-hybridized carbons (Fsp3) is 0. The Morgan fingerprint density at radius 2 is 1.05 bits per heavy atom. The van der Waals surface area contributed by atoms with Crippen molar-refractivity contribution in [2.45, 2.75) is 0 Å². The van der Waals surface area contributed by atoms with Gasteiger partial charge in [-0.1, -0.05) is 36.4 Å². The standard InChI is InChI=1S/2C8H7NO/c2*1-2-4-8-7(3-1)5-6-9-10-8/h2*1-6,9H. The molecule has 4 heteroatoms. The number of fused-ring (bicyclic) bond motifs is 2. The second-order valence-electron chi connectivity index (χ2n) is 4.18. The molecule has 0 aromatic heterocycles. The zero-order valence-electron chi connectivity index (χ0n) is 10.7. The molecule has 0 amide bonds. The van der Waals surface area contributed by atoms with Crippen LogP contribution in [0.3, 0.4) is 0 Å². The minimum absolute atomic E-state index is 0.880. The molecule has 0 fully saturated rings. The Labute approximate surface area is 117 Å². The van der Waals surface area contributed by atoms with Gasteiger partial charge in [-0.2, -0.15) is 0 Å². The van der Waals surface area contributed by atoms with E-state index in [0.29, 0.717) is 0 Å². The zero-order valence-corrected chi connectivity index (χ0v) is 10.7. The van der Waals surface area contributed by atoms with E-state index >= 15 is 0 Å². The Hall–Kier alpha value is -2.88. The fourth-order valence-corrected chi connectivity index (χ4v) is 1.86. The highest BCUT2D eigenvalue weighted by atomic mass is 16.6. The van der Waals surface area contributed by atoms with Crippen molar-refractivity contribution in [3.8, 4) is 11.5 Å². The van der Waals surface area contributed by atoms with Crippen LogP contribution in [-0.2, 0) is 0 Å². The zero-order chi connectivity index (χ0) is 13.6. The van der Waals surface area contributed by atoms with Crippen LogP contribution < -0.4 is 20.6 Å². The van der Waals surface area contributed by atoms with Crippen molar-refractivity contribution in [3.63, 3.8) is 0 Å². The average molecular weight is 266 g/mol. The Balaban J connectivity index is 0.000000121. The number of hydrogen-bond acceptors (Lipinski definition) is 4. The van der Waals surface area contributed by atoms with Crippen LogP contribution in [0.1, 0.15) is 11.1 Å². The maximum absolute atomic E-state index is 5.09. The van der Waals surface area contributed by atoms with Gasteiger partial charge in [0.2, 0.25) is 0 Å². The third-order valence-electron chi connectivity index (χ3n) is 2.84. The summed E-state index contributed by atoms with van der Waals surface area (Å²) in [4.78, 5) is 10.2. The van der Waals surface area contributed by atoms with Gasteiger partial charge in [0.1, 0.15) is 0 Å². The second-order valence-corrected chi connectivity index (χ2v) is 4.18. The lowest BCUT2D eigenvalue weighted by Gasteiger charge is -2.11. The molecule has 4 rings (SSSR count). The van der Waals surface area contributed by atoms with E-state index in [2.05, 4.69) is 11.0 Å². The topological polar surface area (TPSA) is 42.5 Å². The van der Waals surface area contributed by atoms with Crippen molar-refractivity contribution in [1.82, 2.24) is 11.0 Å². The van der Waals surface area contributed by atoms with Gasteiger partial charge >= 0.3 is 0 Å². The van der Waals surface area contributed by atoms with Crippen LogP contribution in [-0.4, -0.2) is 0 Å². The molecule has 4 nitrogen and oxygen atoms in total. The molecule has 20 heavy (non-hydrogen) atoms. The Bertz CT molecular complexity index is 593. The van der Waals surface area contributed by atoms with Crippen LogP contribution in [0.2, 0.25) is 0 Å². The molecule has 100 valence electrons. The lowest BCUT2D eigenvalue weighted by Crippen LogP contribution is -2.13. The number of hydroxylamine groups is 2. The minimum Gasteiger partial charge on any atom is -0.382 e. The summed E-state index contributed by atoms with van der Waals surface area (Å²) in [7, 11) is 0. The van der Waals surface area contributed by atoms with E-state index < -0.39 is 0 Å². The molecule has 0 radical (unpaired) electrons. The number of para-hydroxylation sites is 2. The van der Waals surface area contributed by atoms with Crippen LogP contribution in [0, 0.1) is 0 Å². The molecule has 0 saturated heterocycles. The van der Waals surface area contributed by atoms with Gasteiger partial charge in [-0.3, -0.25) is 0 Å². The SMILES string of the molecule is C1=Cc2ccccc2ON1.C1=Cc2ccccc2ON1. The summed E-state index contributed by atoms with van der Waals surface area (Å²) in [6.07, 6.45) is 7.47. The van der Waals surface area contributed by atoms with Gasteiger partial charge < -0.3 is 9.68 Å². The van der Waals surface area contributed by atoms with E-state index in [1.807, 2.05) is 60.7 Å². The number of nitrogens with one attached hydrogen (secondary N) is 2. The van der Waals surface area contributed by atoms with Crippen molar-refractivity contribution in [2.75, 3.05) is 0 Å². The van der Waals surface area contributed by atoms with E-state index in [0.717, 1.165) is 22.6 Å². The van der Waals surface area contributed by atoms with E-state index in [9.17, 15) is 0 Å². The van der Waals surface area contributed by atoms with Crippen molar-refractivity contribution in [1.29, 1.82) is 0 Å². The molecule has 2 heterocycles. The Morgan fingerprint density at radius 3 is 1.50 bits per heavy atom. The molecule has 2 N–H and O–H groups in total. The van der Waals surface area contributed by atoms with Crippen LogP contribution in [0.5, 0.6) is 11.5 Å². The predicted octanol–water partition coefficient (Wildman–Crippen LogP) is 3.11. The molecule has 0 atom stereocenters. The largest absolute Gasteiger partial charge is 0.382 e. The lowest BCUT2D eigenvalue weighted by atomic mass is 10.2. The van der Waals surface area contributed by atoms with E-state index in [1.54, 1.807) is 12.4 Å². The van der Waals surface area contributed by atoms with E-state index in [4.69, 9.17) is 9.68 Å². The van der Waals surface area contributed by atoms with Crippen LogP contribution in [0.4, 0.5) is 0 Å². The Morgan fingerprint density at radius 1 is 0.600 bits per heavy atom. The highest BCUT2D eigenvalue weighted by molar-refractivity contribution is 5.58. The molecule has 2 aliphatic heterocycles. The molecule has 2 aromatic rings. The van der Waals surface area contributed by atoms with Crippen molar-refractivity contribution >= 4 is 12.2 Å². The molecule has 0 saturated carbocycles. The summed E-state index contributed by atoms with van der Waals surface area (Å²) in [5.74, 6) is 1.76. The molecular weight excluding hydrogens is 252 g/mol. The Kier molecular flexibility index (Phi) is 3.55. The first-order valence-electron chi connectivity index (χ1n) is 6.29. The quantitative estimate of drug-likeness (QED) is 0.769. The first-order valence-corrected chi connectivity index (χ1v) is 6.29. The molecule has 0 bridgehead atoms. The molecule has 2 aliphatic rings. The molecule has 2 aromatic carbocycles. The summed E-state index contributed by atoms with van der Waals surface area (Å²) in [5.41, 5.74) is 7.55. The smallest absolute Gasteiger partial charge is 0.162 e. The van der Waals surface area contributed by atoms with Crippen molar-refractivity contribution in [2.24, 2.45) is 0 Å². The number of rotatable bonds is 0. The van der Waals surface area contributed by atoms with Gasteiger partial charge in [0, 0.05) is 23.5 Å². The average Bonchev–Trinajstić information content (AvgIpc) is 2.56. The van der Waals surface area contributed by atoms with Crippen LogP contribution in [0.25, 0.3) is 12.2 Å². The molecule has 0 aliphatic carbocycles. The normalized spacial score (nSPS) is 13.2. The van der Waals surface area contributed by atoms with Crippen LogP contribution >= 0.6 is 0 Å². The third-order valence-corrected chi connectivity index (χ3v) is 2.84. The van der Waals surface area contributed by atoms with E-state index in [1.165, 1.54) is 0 Å². The second kappa shape index (κ2) is 5.84. The highest BCUT2D eigenvalue weighted by Crippen LogP contribution is 2.21. The third kappa shape index (κ3) is 2.75. The number of hydrogen-bond donors (Lipinski definition) is 2. The first kappa shape index (κ1) is 12.2. The molecular formula is C16H14N2O2. The maximum Gasteiger partial charge on any atom is 0.162 e. The van der Waals surface area contributed by atoms with Gasteiger partial charge in [-0.05, 0) is 24.3 Å². The van der Waals surface area contributed by atoms with Gasteiger partial charge in [0.15, 0.2) is 11.5 Å². The highest BCUT2D eigenvalue weighted by Gasteiger charge is 2.02. The van der Waals surface area contributed by atoms with E-state index in [-0.39, 0.29) is 0 Å². The van der Waals surface area contributed by atoms with Crippen molar-refractivity contribution < 1.29 is 9.68 Å². The lowest BCUT2D eigenvalue weighted by molar-refractivity contribution is 0.239. The maximum atomic E-state index is 5.09. The fourth-order valence-electron chi connectivity index (χ4n) is 1.86. The monoisotopic (exact) mass is 266 g/mol. The van der Waals surface area contributed by atoms with Gasteiger partial charge in [0.25, 0.3) is 0 Å². The molecule has 0 spiro atoms. The summed E-state index contributed by atoms with van der Waals surface area (Å²) >= 11 is 0. The molecule has 0 unspecified atom stereocenters. The van der Waals surface area contributed by atoms with Gasteiger partial charge in [0.05, 0.1) is 0 Å². The number of benzene rings is 2.